The van der Waals surface area contributed by atoms with Gasteiger partial charge in [0.05, 0.1) is 6.33 Å². The van der Waals surface area contributed by atoms with E-state index >= 15 is 0 Å². The predicted molar refractivity (Wildman–Crippen MR) is 46.8 cm³/mol. The summed E-state index contributed by atoms with van der Waals surface area (Å²) >= 11 is 8.14. The molecule has 0 amide bonds. The lowest BCUT2D eigenvalue weighted by atomic mass is 10.6. The highest BCUT2D eigenvalue weighted by Gasteiger charge is 2.00. The quantitative estimate of drug-likeness (QED) is 0.536. The van der Waals surface area contributed by atoms with Gasteiger partial charge in [0, 0.05) is 0 Å². The van der Waals surface area contributed by atoms with Crippen LogP contribution in [0.25, 0.3) is 11.2 Å². The Labute approximate surface area is 75.2 Å². The van der Waals surface area contributed by atoms with Crippen LogP contribution >= 0.6 is 28.1 Å². The highest BCUT2D eigenvalue weighted by atomic mass is 79.9. The molecule has 0 atom stereocenters. The van der Waals surface area contributed by atoms with Crippen molar-refractivity contribution in [3.8, 4) is 0 Å². The second-order valence-corrected chi connectivity index (χ2v) is 3.10. The summed E-state index contributed by atoms with van der Waals surface area (Å²) in [5.41, 5.74) is 1.48. The van der Waals surface area contributed by atoms with E-state index in [4.69, 9.17) is 12.2 Å². The van der Waals surface area contributed by atoms with Crippen molar-refractivity contribution < 1.29 is 0 Å². The topological polar surface area (TPSA) is 57.4 Å². The van der Waals surface area contributed by atoms with Crippen LogP contribution in [-0.4, -0.2) is 19.9 Å². The summed E-state index contributed by atoms with van der Waals surface area (Å²) in [6.45, 7) is 0. The Balaban J connectivity index is 3.02. The van der Waals surface area contributed by atoms with Crippen LogP contribution in [0.15, 0.2) is 11.1 Å². The number of H-pyrrole nitrogens is 2. The van der Waals surface area contributed by atoms with Crippen molar-refractivity contribution in [1.82, 2.24) is 19.9 Å². The number of imidazole rings is 1. The molecule has 0 aliphatic carbocycles. The van der Waals surface area contributed by atoms with Crippen LogP contribution < -0.4 is 0 Å². The Bertz CT molecular complexity index is 445. The lowest BCUT2D eigenvalue weighted by molar-refractivity contribution is 1.18. The highest BCUT2D eigenvalue weighted by Crippen LogP contribution is 2.11. The number of fused-ring (bicyclic) bond motifs is 1. The van der Waals surface area contributed by atoms with Gasteiger partial charge in [-0.2, -0.15) is 0 Å². The van der Waals surface area contributed by atoms with Crippen LogP contribution in [0, 0.1) is 4.64 Å². The fourth-order valence-electron chi connectivity index (χ4n) is 0.820. The van der Waals surface area contributed by atoms with Gasteiger partial charge in [-0.3, -0.25) is 0 Å². The largest absolute Gasteiger partial charge is 0.329 e. The molecule has 0 unspecified atom stereocenters. The average Bonchev–Trinajstić information content (AvgIpc) is 2.31. The van der Waals surface area contributed by atoms with E-state index in [0.717, 1.165) is 11.2 Å². The number of aromatic nitrogens is 4. The number of aromatic amines is 2. The molecule has 6 heteroatoms. The fourth-order valence-corrected chi connectivity index (χ4v) is 1.40. The standard InChI is InChI=1S/C5H3BrN4S/c6-5-9-2-3(10-5)7-1-8-4(2)11/h1H,(H2,7,8,9,10,11). The molecule has 0 radical (unpaired) electrons. The van der Waals surface area contributed by atoms with Crippen LogP contribution in [0.5, 0.6) is 0 Å². The van der Waals surface area contributed by atoms with Crippen LogP contribution in [-0.2, 0) is 0 Å². The van der Waals surface area contributed by atoms with Crippen LogP contribution in [0.1, 0.15) is 0 Å². The zero-order chi connectivity index (χ0) is 7.84. The minimum absolute atomic E-state index is 0.525. The van der Waals surface area contributed by atoms with E-state index in [-0.39, 0.29) is 0 Å². The molecule has 0 aromatic carbocycles. The molecule has 56 valence electrons. The molecule has 0 aliphatic heterocycles. The monoisotopic (exact) mass is 230 g/mol. The summed E-state index contributed by atoms with van der Waals surface area (Å²) in [5, 5.41) is 0. The van der Waals surface area contributed by atoms with Crippen LogP contribution in [0.2, 0.25) is 0 Å². The molecule has 0 spiro atoms. The third kappa shape index (κ3) is 1.08. The summed E-state index contributed by atoms with van der Waals surface area (Å²) in [7, 11) is 0. The van der Waals surface area contributed by atoms with Gasteiger partial charge in [-0.25, -0.2) is 9.97 Å². The van der Waals surface area contributed by atoms with Crippen molar-refractivity contribution in [1.29, 1.82) is 0 Å². The van der Waals surface area contributed by atoms with E-state index in [0.29, 0.717) is 9.37 Å². The lowest BCUT2D eigenvalue weighted by Gasteiger charge is -1.84. The van der Waals surface area contributed by atoms with Gasteiger partial charge in [-0.1, -0.05) is 12.2 Å². The second-order valence-electron chi connectivity index (χ2n) is 1.96. The van der Waals surface area contributed by atoms with Crippen molar-refractivity contribution in [3.63, 3.8) is 0 Å². The van der Waals surface area contributed by atoms with Gasteiger partial charge in [0.25, 0.3) is 0 Å². The van der Waals surface area contributed by atoms with E-state index in [1.807, 2.05) is 0 Å². The van der Waals surface area contributed by atoms with E-state index < -0.39 is 0 Å². The Morgan fingerprint density at radius 3 is 3.09 bits per heavy atom. The van der Waals surface area contributed by atoms with Gasteiger partial charge in [-0.05, 0) is 15.9 Å². The Kier molecular flexibility index (Phi) is 1.50. The van der Waals surface area contributed by atoms with Crippen LogP contribution in [0.4, 0.5) is 0 Å². The molecule has 0 saturated heterocycles. The fraction of sp³-hybridized carbons (Fsp3) is 0. The van der Waals surface area contributed by atoms with Crippen molar-refractivity contribution in [3.05, 3.63) is 15.7 Å². The number of nitrogens with zero attached hydrogens (tertiary/aromatic N) is 2. The van der Waals surface area contributed by atoms with Gasteiger partial charge >= 0.3 is 0 Å². The average molecular weight is 231 g/mol. The molecule has 0 aliphatic rings. The maximum absolute atomic E-state index is 4.94. The Hall–Kier alpha value is -0.750. The summed E-state index contributed by atoms with van der Waals surface area (Å²) in [6.07, 6.45) is 1.53. The molecule has 0 fully saturated rings. The van der Waals surface area contributed by atoms with E-state index in [2.05, 4.69) is 35.9 Å². The molecule has 2 heterocycles. The third-order valence-electron chi connectivity index (χ3n) is 1.27. The molecule has 11 heavy (non-hydrogen) atoms. The Morgan fingerprint density at radius 1 is 1.55 bits per heavy atom. The zero-order valence-electron chi connectivity index (χ0n) is 5.26. The molecule has 4 nitrogen and oxygen atoms in total. The molecule has 2 aromatic rings. The number of halogens is 1. The zero-order valence-corrected chi connectivity index (χ0v) is 7.66. The smallest absolute Gasteiger partial charge is 0.177 e. The van der Waals surface area contributed by atoms with E-state index in [1.165, 1.54) is 6.33 Å². The maximum Gasteiger partial charge on any atom is 0.177 e. The SMILES string of the molecule is S=c1nc[nH]c2nc(Br)[nH]c12. The maximum atomic E-state index is 4.94. The first-order valence-electron chi connectivity index (χ1n) is 2.86. The molecule has 2 rings (SSSR count). The minimum Gasteiger partial charge on any atom is -0.329 e. The first-order chi connectivity index (χ1) is 5.27. The van der Waals surface area contributed by atoms with Crippen molar-refractivity contribution in [2.75, 3.05) is 0 Å². The molecule has 2 N–H and O–H groups in total. The minimum atomic E-state index is 0.525. The van der Waals surface area contributed by atoms with Gasteiger partial charge < -0.3 is 9.97 Å². The lowest BCUT2D eigenvalue weighted by Crippen LogP contribution is -1.80. The molecule has 2 aromatic heterocycles. The highest BCUT2D eigenvalue weighted by molar-refractivity contribution is 9.10. The van der Waals surface area contributed by atoms with Gasteiger partial charge in [0.15, 0.2) is 15.0 Å². The molecule has 0 saturated carbocycles. The summed E-state index contributed by atoms with van der Waals surface area (Å²) in [6, 6.07) is 0. The first-order valence-corrected chi connectivity index (χ1v) is 4.06. The molecular weight excluding hydrogens is 228 g/mol. The number of rotatable bonds is 0. The first kappa shape index (κ1) is 6.93. The molecular formula is C5H3BrN4S. The van der Waals surface area contributed by atoms with Crippen molar-refractivity contribution in [2.45, 2.75) is 0 Å². The van der Waals surface area contributed by atoms with Crippen molar-refractivity contribution >= 4 is 39.3 Å². The normalized spacial score (nSPS) is 10.6. The van der Waals surface area contributed by atoms with Crippen LogP contribution in [0.3, 0.4) is 0 Å². The van der Waals surface area contributed by atoms with Gasteiger partial charge in [0.2, 0.25) is 0 Å². The molecule has 0 bridgehead atoms. The summed E-state index contributed by atoms with van der Waals surface area (Å²) in [5.74, 6) is 0. The number of hydrogen-bond donors (Lipinski definition) is 2. The second kappa shape index (κ2) is 2.38. The third-order valence-corrected chi connectivity index (χ3v) is 1.96. The number of nitrogens with one attached hydrogen (secondary N) is 2. The van der Waals surface area contributed by atoms with Gasteiger partial charge in [-0.15, -0.1) is 0 Å². The summed E-state index contributed by atoms with van der Waals surface area (Å²) < 4.78 is 1.18. The van der Waals surface area contributed by atoms with E-state index in [1.54, 1.807) is 0 Å². The number of hydrogen-bond acceptors (Lipinski definition) is 3. The van der Waals surface area contributed by atoms with Crippen molar-refractivity contribution in [2.24, 2.45) is 0 Å². The summed E-state index contributed by atoms with van der Waals surface area (Å²) in [4.78, 5) is 13.8. The van der Waals surface area contributed by atoms with Gasteiger partial charge in [0.1, 0.15) is 5.52 Å². The Morgan fingerprint density at radius 2 is 2.36 bits per heavy atom. The predicted octanol–water partition coefficient (Wildman–Crippen LogP) is 1.78. The van der Waals surface area contributed by atoms with E-state index in [9.17, 15) is 0 Å².